The molecule has 2 unspecified atom stereocenters. The summed E-state index contributed by atoms with van der Waals surface area (Å²) < 4.78 is 0. The summed E-state index contributed by atoms with van der Waals surface area (Å²) in [7, 11) is 0. The minimum absolute atomic E-state index is 0.216. The molecule has 2 fully saturated rings. The van der Waals surface area contributed by atoms with Crippen molar-refractivity contribution in [1.82, 2.24) is 4.90 Å². The van der Waals surface area contributed by atoms with Crippen LogP contribution in [0.3, 0.4) is 0 Å². The smallest absolute Gasteiger partial charge is 0.0499 e. The van der Waals surface area contributed by atoms with E-state index in [4.69, 9.17) is 0 Å². The molecule has 0 aromatic carbocycles. The van der Waals surface area contributed by atoms with Crippen molar-refractivity contribution >= 4 is 0 Å². The van der Waals surface area contributed by atoms with Gasteiger partial charge in [-0.25, -0.2) is 0 Å². The van der Waals surface area contributed by atoms with Crippen LogP contribution < -0.4 is 0 Å². The van der Waals surface area contributed by atoms with Gasteiger partial charge in [-0.1, -0.05) is 33.1 Å². The van der Waals surface area contributed by atoms with Crippen molar-refractivity contribution in [2.45, 2.75) is 71.3 Å². The standard InChI is InChI=1S/C16H31NO/c1-3-4-10-17(15-7-8-15)12-16(13-18)9-5-6-14(2)11-16/h14-15,18H,3-13H2,1-2H3. The highest BCUT2D eigenvalue weighted by atomic mass is 16.3. The van der Waals surface area contributed by atoms with E-state index in [1.807, 2.05) is 0 Å². The molecule has 0 radical (unpaired) electrons. The first-order valence-electron chi connectivity index (χ1n) is 8.04. The van der Waals surface area contributed by atoms with E-state index in [0.717, 1.165) is 18.5 Å². The van der Waals surface area contributed by atoms with E-state index >= 15 is 0 Å². The Kier molecular flexibility index (Phi) is 5.08. The minimum atomic E-state index is 0.216. The van der Waals surface area contributed by atoms with Crippen molar-refractivity contribution < 1.29 is 5.11 Å². The Bertz CT molecular complexity index is 251. The first-order valence-corrected chi connectivity index (χ1v) is 8.04. The number of aliphatic hydroxyl groups is 1. The van der Waals surface area contributed by atoms with Gasteiger partial charge in [-0.3, -0.25) is 4.90 Å². The maximum Gasteiger partial charge on any atom is 0.0499 e. The molecule has 0 saturated heterocycles. The van der Waals surface area contributed by atoms with Crippen LogP contribution in [0.25, 0.3) is 0 Å². The third-order valence-electron chi connectivity index (χ3n) is 4.92. The highest BCUT2D eigenvalue weighted by molar-refractivity contribution is 4.92. The normalized spacial score (nSPS) is 33.0. The van der Waals surface area contributed by atoms with Crippen LogP contribution in [-0.2, 0) is 0 Å². The van der Waals surface area contributed by atoms with Gasteiger partial charge in [0.05, 0.1) is 0 Å². The van der Waals surface area contributed by atoms with E-state index < -0.39 is 0 Å². The summed E-state index contributed by atoms with van der Waals surface area (Å²) in [6.45, 7) is 7.43. The third-order valence-corrected chi connectivity index (χ3v) is 4.92. The van der Waals surface area contributed by atoms with Crippen molar-refractivity contribution in [3.05, 3.63) is 0 Å². The van der Waals surface area contributed by atoms with E-state index in [1.165, 1.54) is 57.9 Å². The maximum absolute atomic E-state index is 9.91. The Labute approximate surface area is 113 Å². The van der Waals surface area contributed by atoms with Crippen LogP contribution in [0.1, 0.15) is 65.2 Å². The van der Waals surface area contributed by atoms with Crippen LogP contribution in [0.15, 0.2) is 0 Å². The minimum Gasteiger partial charge on any atom is -0.396 e. The molecular weight excluding hydrogens is 222 g/mol. The number of rotatable bonds is 7. The predicted octanol–water partition coefficient (Wildman–Crippen LogP) is 3.44. The molecule has 0 aliphatic heterocycles. The number of aliphatic hydroxyl groups excluding tert-OH is 1. The monoisotopic (exact) mass is 253 g/mol. The lowest BCUT2D eigenvalue weighted by molar-refractivity contribution is 0.0210. The van der Waals surface area contributed by atoms with Crippen molar-refractivity contribution in [3.63, 3.8) is 0 Å². The summed E-state index contributed by atoms with van der Waals surface area (Å²) in [5.41, 5.74) is 0.216. The van der Waals surface area contributed by atoms with Crippen LogP contribution in [0.5, 0.6) is 0 Å². The lowest BCUT2D eigenvalue weighted by Crippen LogP contribution is -2.44. The summed E-state index contributed by atoms with van der Waals surface area (Å²) in [5.74, 6) is 0.804. The zero-order chi connectivity index (χ0) is 13.0. The topological polar surface area (TPSA) is 23.5 Å². The lowest BCUT2D eigenvalue weighted by Gasteiger charge is -2.42. The van der Waals surface area contributed by atoms with Gasteiger partial charge in [0.15, 0.2) is 0 Å². The quantitative estimate of drug-likeness (QED) is 0.751. The van der Waals surface area contributed by atoms with E-state index in [-0.39, 0.29) is 5.41 Å². The summed E-state index contributed by atoms with van der Waals surface area (Å²) >= 11 is 0. The lowest BCUT2D eigenvalue weighted by atomic mass is 9.70. The third kappa shape index (κ3) is 3.71. The molecule has 0 amide bonds. The van der Waals surface area contributed by atoms with Gasteiger partial charge in [0.25, 0.3) is 0 Å². The van der Waals surface area contributed by atoms with Gasteiger partial charge in [0.1, 0.15) is 0 Å². The van der Waals surface area contributed by atoms with Crippen LogP contribution in [0, 0.1) is 11.3 Å². The molecule has 2 aliphatic carbocycles. The molecule has 1 N–H and O–H groups in total. The van der Waals surface area contributed by atoms with E-state index in [9.17, 15) is 5.11 Å². The molecule has 18 heavy (non-hydrogen) atoms. The summed E-state index contributed by atoms with van der Waals surface area (Å²) in [5, 5.41) is 9.91. The molecule has 106 valence electrons. The first kappa shape index (κ1) is 14.3. The fourth-order valence-electron chi connectivity index (χ4n) is 3.73. The second kappa shape index (κ2) is 6.38. The molecule has 2 saturated carbocycles. The van der Waals surface area contributed by atoms with Crippen molar-refractivity contribution in [2.75, 3.05) is 19.7 Å². The molecule has 2 nitrogen and oxygen atoms in total. The van der Waals surface area contributed by atoms with Crippen LogP contribution in [0.4, 0.5) is 0 Å². The second-order valence-corrected chi connectivity index (χ2v) is 6.91. The molecule has 0 spiro atoms. The highest BCUT2D eigenvalue weighted by Crippen LogP contribution is 2.41. The molecule has 2 atom stereocenters. The molecule has 2 heteroatoms. The van der Waals surface area contributed by atoms with Gasteiger partial charge >= 0.3 is 0 Å². The van der Waals surface area contributed by atoms with E-state index in [0.29, 0.717) is 6.61 Å². The van der Waals surface area contributed by atoms with Crippen LogP contribution in [0.2, 0.25) is 0 Å². The Balaban J connectivity index is 1.93. The SMILES string of the molecule is CCCCN(CC1(CO)CCCC(C)C1)C1CC1. The molecule has 0 bridgehead atoms. The van der Waals surface area contributed by atoms with Gasteiger partial charge in [-0.15, -0.1) is 0 Å². The summed E-state index contributed by atoms with van der Waals surface area (Å²) in [6.07, 6.45) is 10.5. The van der Waals surface area contributed by atoms with Crippen molar-refractivity contribution in [2.24, 2.45) is 11.3 Å². The van der Waals surface area contributed by atoms with Crippen molar-refractivity contribution in [1.29, 1.82) is 0 Å². The van der Waals surface area contributed by atoms with Crippen LogP contribution in [-0.4, -0.2) is 35.7 Å². The van der Waals surface area contributed by atoms with E-state index in [2.05, 4.69) is 18.7 Å². The largest absolute Gasteiger partial charge is 0.396 e. The number of hydrogen-bond donors (Lipinski definition) is 1. The highest BCUT2D eigenvalue weighted by Gasteiger charge is 2.39. The Hall–Kier alpha value is -0.0800. The number of nitrogens with zero attached hydrogens (tertiary/aromatic N) is 1. The Morgan fingerprint density at radius 2 is 2.06 bits per heavy atom. The maximum atomic E-state index is 9.91. The number of unbranched alkanes of at least 4 members (excludes halogenated alkanes) is 1. The summed E-state index contributed by atoms with van der Waals surface area (Å²) in [6, 6.07) is 0.845. The predicted molar refractivity (Wildman–Crippen MR) is 76.7 cm³/mol. The average molecular weight is 253 g/mol. The van der Waals surface area contributed by atoms with Crippen LogP contribution >= 0.6 is 0 Å². The van der Waals surface area contributed by atoms with Gasteiger partial charge in [-0.2, -0.15) is 0 Å². The molecule has 0 aromatic heterocycles. The fraction of sp³-hybridized carbons (Fsp3) is 1.00. The van der Waals surface area contributed by atoms with E-state index in [1.54, 1.807) is 0 Å². The molecule has 2 aliphatic rings. The number of hydrogen-bond acceptors (Lipinski definition) is 2. The van der Waals surface area contributed by atoms with Gasteiger partial charge < -0.3 is 5.11 Å². The fourth-order valence-corrected chi connectivity index (χ4v) is 3.73. The molecule has 0 heterocycles. The molecule has 0 aromatic rings. The second-order valence-electron chi connectivity index (χ2n) is 6.91. The zero-order valence-corrected chi connectivity index (χ0v) is 12.3. The van der Waals surface area contributed by atoms with Gasteiger partial charge in [0, 0.05) is 24.6 Å². The molecular formula is C16H31NO. The van der Waals surface area contributed by atoms with Crippen molar-refractivity contribution in [3.8, 4) is 0 Å². The Morgan fingerprint density at radius 1 is 1.28 bits per heavy atom. The Morgan fingerprint density at radius 3 is 2.61 bits per heavy atom. The molecule has 2 rings (SSSR count). The van der Waals surface area contributed by atoms with Gasteiger partial charge in [-0.05, 0) is 44.6 Å². The first-order chi connectivity index (χ1) is 8.69. The summed E-state index contributed by atoms with van der Waals surface area (Å²) in [4.78, 5) is 2.69. The van der Waals surface area contributed by atoms with Gasteiger partial charge in [0.2, 0.25) is 0 Å². The average Bonchev–Trinajstić information content (AvgIpc) is 3.19. The zero-order valence-electron chi connectivity index (χ0n) is 12.3.